The average Bonchev–Trinajstić information content (AvgIpc) is 2.85. The molecule has 102 valence electrons. The lowest BCUT2D eigenvalue weighted by molar-refractivity contribution is 0.628. The van der Waals surface area contributed by atoms with Crippen LogP contribution in [0.1, 0.15) is 5.82 Å². The fourth-order valence-electron chi connectivity index (χ4n) is 2.28. The number of terminal acetylenes is 1. The van der Waals surface area contributed by atoms with Gasteiger partial charge in [0.1, 0.15) is 5.82 Å². The van der Waals surface area contributed by atoms with E-state index in [1.54, 1.807) is 24.5 Å². The quantitative estimate of drug-likeness (QED) is 0.673. The van der Waals surface area contributed by atoms with Crippen LogP contribution in [0.2, 0.25) is 0 Å². The molecular weight excluding hydrogens is 265 g/mol. The number of pyridine rings is 1. The van der Waals surface area contributed by atoms with Gasteiger partial charge in [0.25, 0.3) is 0 Å². The second-order valence-corrected chi connectivity index (χ2v) is 4.58. The van der Waals surface area contributed by atoms with Crippen molar-refractivity contribution in [3.8, 4) is 34.9 Å². The van der Waals surface area contributed by atoms with Crippen molar-refractivity contribution >= 4 is 0 Å². The normalized spacial score (nSPS) is 10.3. The van der Waals surface area contributed by atoms with Gasteiger partial charge in [-0.3, -0.25) is 4.98 Å². The molecule has 2 aromatic heterocycles. The van der Waals surface area contributed by atoms with Crippen LogP contribution in [0.5, 0.6) is 0 Å². The Hall–Kier alpha value is -2.93. The largest absolute Gasteiger partial charge is 0.320 e. The summed E-state index contributed by atoms with van der Waals surface area (Å²) in [5.74, 6) is 2.82. The van der Waals surface area contributed by atoms with E-state index < -0.39 is 0 Å². The fourth-order valence-corrected chi connectivity index (χ4v) is 2.28. The Kier molecular flexibility index (Phi) is 3.25. The first kappa shape index (κ1) is 13.1. The lowest BCUT2D eigenvalue weighted by atomic mass is 10.1. The highest BCUT2D eigenvalue weighted by molar-refractivity contribution is 5.79. The lowest BCUT2D eigenvalue weighted by Crippen LogP contribution is -1.95. The van der Waals surface area contributed by atoms with Crippen LogP contribution in [-0.4, -0.2) is 14.5 Å². The van der Waals surface area contributed by atoms with Crippen molar-refractivity contribution in [3.63, 3.8) is 0 Å². The number of imidazole rings is 1. The van der Waals surface area contributed by atoms with E-state index in [1.807, 2.05) is 23.7 Å². The van der Waals surface area contributed by atoms with Gasteiger partial charge in [0.05, 0.1) is 11.4 Å². The molecule has 0 aliphatic heterocycles. The number of nitrogens with zero attached hydrogens (tertiary/aromatic N) is 3. The topological polar surface area (TPSA) is 30.7 Å². The number of halogens is 1. The van der Waals surface area contributed by atoms with Crippen LogP contribution in [0.3, 0.4) is 0 Å². The van der Waals surface area contributed by atoms with Crippen molar-refractivity contribution in [3.05, 3.63) is 60.4 Å². The molecule has 21 heavy (non-hydrogen) atoms. The third-order valence-electron chi connectivity index (χ3n) is 3.30. The van der Waals surface area contributed by atoms with Crippen LogP contribution >= 0.6 is 0 Å². The van der Waals surface area contributed by atoms with E-state index in [9.17, 15) is 4.39 Å². The fraction of sp³-hybridized carbons (Fsp3) is 0.0588. The van der Waals surface area contributed by atoms with Gasteiger partial charge in [-0.25, -0.2) is 9.37 Å². The Morgan fingerprint density at radius 3 is 2.33 bits per heavy atom. The van der Waals surface area contributed by atoms with E-state index in [2.05, 4.69) is 15.9 Å². The van der Waals surface area contributed by atoms with Crippen molar-refractivity contribution in [2.75, 3.05) is 0 Å². The third-order valence-corrected chi connectivity index (χ3v) is 3.30. The van der Waals surface area contributed by atoms with Gasteiger partial charge in [-0.2, -0.15) is 0 Å². The summed E-state index contributed by atoms with van der Waals surface area (Å²) in [6.07, 6.45) is 8.94. The first-order valence-electron chi connectivity index (χ1n) is 6.40. The monoisotopic (exact) mass is 277 g/mol. The minimum atomic E-state index is -0.280. The second kappa shape index (κ2) is 5.22. The molecule has 0 N–H and O–H groups in total. The van der Waals surface area contributed by atoms with Gasteiger partial charge in [0.2, 0.25) is 0 Å². The molecule has 3 rings (SSSR count). The Balaban J connectivity index is 2.26. The van der Waals surface area contributed by atoms with Crippen molar-refractivity contribution in [1.29, 1.82) is 0 Å². The van der Waals surface area contributed by atoms with Gasteiger partial charge in [-0.05, 0) is 42.3 Å². The zero-order valence-electron chi connectivity index (χ0n) is 11.4. The number of aromatic nitrogens is 3. The molecule has 0 radical (unpaired) electrons. The van der Waals surface area contributed by atoms with Gasteiger partial charge < -0.3 is 4.57 Å². The van der Waals surface area contributed by atoms with Crippen molar-refractivity contribution in [2.24, 2.45) is 7.05 Å². The molecule has 1 aromatic carbocycles. The molecule has 0 atom stereocenters. The Bertz CT molecular complexity index is 812. The van der Waals surface area contributed by atoms with Crippen molar-refractivity contribution in [1.82, 2.24) is 14.5 Å². The summed E-state index contributed by atoms with van der Waals surface area (Å²) in [7, 11) is 1.87. The first-order chi connectivity index (χ1) is 10.2. The first-order valence-corrected chi connectivity index (χ1v) is 6.40. The molecule has 0 unspecified atom stereocenters. The standard InChI is InChI=1S/C17H12FN3/c1-3-15-20-16(12-4-6-14(18)7-5-12)17(21(15)2)13-8-10-19-11-9-13/h1,4-11H,2H3. The molecule has 4 heteroatoms. The van der Waals surface area contributed by atoms with E-state index in [0.717, 1.165) is 22.5 Å². The number of benzene rings is 1. The maximum atomic E-state index is 13.1. The minimum absolute atomic E-state index is 0.280. The predicted molar refractivity (Wildman–Crippen MR) is 79.8 cm³/mol. The molecule has 0 aliphatic rings. The lowest BCUT2D eigenvalue weighted by Gasteiger charge is -2.06. The summed E-state index contributed by atoms with van der Waals surface area (Å²) in [6.45, 7) is 0. The van der Waals surface area contributed by atoms with Gasteiger partial charge in [-0.15, -0.1) is 6.42 Å². The predicted octanol–water partition coefficient (Wildman–Crippen LogP) is 3.27. The van der Waals surface area contributed by atoms with Gasteiger partial charge in [-0.1, -0.05) is 0 Å². The maximum Gasteiger partial charge on any atom is 0.185 e. The number of hydrogen-bond donors (Lipinski definition) is 0. The molecule has 3 aromatic rings. The smallest absolute Gasteiger partial charge is 0.185 e. The van der Waals surface area contributed by atoms with Gasteiger partial charge in [0, 0.05) is 30.6 Å². The SMILES string of the molecule is C#Cc1nc(-c2ccc(F)cc2)c(-c2ccncc2)n1C. The van der Waals surface area contributed by atoms with E-state index in [-0.39, 0.29) is 5.82 Å². The van der Waals surface area contributed by atoms with E-state index >= 15 is 0 Å². The van der Waals surface area contributed by atoms with Crippen LogP contribution in [0.15, 0.2) is 48.8 Å². The van der Waals surface area contributed by atoms with Crippen molar-refractivity contribution < 1.29 is 4.39 Å². The second-order valence-electron chi connectivity index (χ2n) is 4.58. The van der Waals surface area contributed by atoms with Crippen LogP contribution in [-0.2, 0) is 7.05 Å². The van der Waals surface area contributed by atoms with E-state index in [4.69, 9.17) is 6.42 Å². The molecular formula is C17H12FN3. The third kappa shape index (κ3) is 2.30. The highest BCUT2D eigenvalue weighted by Gasteiger charge is 2.16. The minimum Gasteiger partial charge on any atom is -0.320 e. The summed E-state index contributed by atoms with van der Waals surface area (Å²) in [5.41, 5.74) is 3.40. The van der Waals surface area contributed by atoms with E-state index in [1.165, 1.54) is 12.1 Å². The molecule has 2 heterocycles. The molecule has 0 saturated carbocycles. The molecule has 0 fully saturated rings. The molecule has 0 aliphatic carbocycles. The summed E-state index contributed by atoms with van der Waals surface area (Å²) < 4.78 is 15.0. The molecule has 0 amide bonds. The molecule has 0 saturated heterocycles. The van der Waals surface area contributed by atoms with Crippen LogP contribution in [0.25, 0.3) is 22.5 Å². The van der Waals surface area contributed by atoms with Crippen molar-refractivity contribution in [2.45, 2.75) is 0 Å². The van der Waals surface area contributed by atoms with Crippen LogP contribution in [0, 0.1) is 18.2 Å². The molecule has 3 nitrogen and oxygen atoms in total. The number of hydrogen-bond acceptors (Lipinski definition) is 2. The van der Waals surface area contributed by atoms with Crippen LogP contribution < -0.4 is 0 Å². The summed E-state index contributed by atoms with van der Waals surface area (Å²) in [5, 5.41) is 0. The molecule has 0 spiro atoms. The zero-order valence-corrected chi connectivity index (χ0v) is 11.4. The molecule has 0 bridgehead atoms. The summed E-state index contributed by atoms with van der Waals surface area (Å²) >= 11 is 0. The summed E-state index contributed by atoms with van der Waals surface area (Å²) in [6, 6.07) is 10.0. The zero-order chi connectivity index (χ0) is 14.8. The van der Waals surface area contributed by atoms with E-state index in [0.29, 0.717) is 5.82 Å². The van der Waals surface area contributed by atoms with Gasteiger partial charge >= 0.3 is 0 Å². The van der Waals surface area contributed by atoms with Crippen LogP contribution in [0.4, 0.5) is 4.39 Å². The Labute approximate surface area is 122 Å². The maximum absolute atomic E-state index is 13.1. The highest BCUT2D eigenvalue weighted by Crippen LogP contribution is 2.31. The highest BCUT2D eigenvalue weighted by atomic mass is 19.1. The summed E-state index contributed by atoms with van der Waals surface area (Å²) in [4.78, 5) is 8.51. The Morgan fingerprint density at radius 2 is 1.71 bits per heavy atom. The van der Waals surface area contributed by atoms with Gasteiger partial charge in [0.15, 0.2) is 5.82 Å². The average molecular weight is 277 g/mol. The number of rotatable bonds is 2. The Morgan fingerprint density at radius 1 is 1.05 bits per heavy atom.